The van der Waals surface area contributed by atoms with E-state index in [1.807, 2.05) is 0 Å². The van der Waals surface area contributed by atoms with E-state index in [2.05, 4.69) is 5.32 Å². The van der Waals surface area contributed by atoms with Gasteiger partial charge in [-0.2, -0.15) is 0 Å². The van der Waals surface area contributed by atoms with Crippen molar-refractivity contribution < 1.29 is 19.8 Å². The number of hydrogen-bond acceptors (Lipinski definition) is 3. The second kappa shape index (κ2) is 7.41. The molecular weight excluding hydrogens is 246 g/mol. The molecule has 0 unspecified atom stereocenters. The molecule has 1 rings (SSSR count). The molecule has 0 atom stereocenters. The van der Waals surface area contributed by atoms with Crippen LogP contribution in [0, 0.1) is 6.92 Å². The molecule has 5 nitrogen and oxygen atoms in total. The Morgan fingerprint density at radius 1 is 1.21 bits per heavy atom. The summed E-state index contributed by atoms with van der Waals surface area (Å²) in [5, 5.41) is 20.6. The van der Waals surface area contributed by atoms with Gasteiger partial charge in [-0.1, -0.05) is 6.42 Å². The lowest BCUT2D eigenvalue weighted by atomic mass is 10.1. The minimum absolute atomic E-state index is 0.172. The highest BCUT2D eigenvalue weighted by atomic mass is 16.4. The fourth-order valence-electron chi connectivity index (χ4n) is 1.68. The number of phenols is 1. The van der Waals surface area contributed by atoms with Gasteiger partial charge >= 0.3 is 5.97 Å². The van der Waals surface area contributed by atoms with E-state index in [1.54, 1.807) is 19.1 Å². The molecule has 0 aliphatic carbocycles. The van der Waals surface area contributed by atoms with E-state index in [-0.39, 0.29) is 18.1 Å². The van der Waals surface area contributed by atoms with E-state index in [9.17, 15) is 14.7 Å². The van der Waals surface area contributed by atoms with Crippen molar-refractivity contribution in [3.8, 4) is 5.75 Å². The van der Waals surface area contributed by atoms with Crippen LogP contribution >= 0.6 is 0 Å². The Bertz CT molecular complexity index is 457. The molecule has 0 saturated carbocycles. The summed E-state index contributed by atoms with van der Waals surface area (Å²) in [4.78, 5) is 22.1. The number of rotatable bonds is 7. The Hall–Kier alpha value is -2.04. The van der Waals surface area contributed by atoms with Gasteiger partial charge in [0.25, 0.3) is 5.91 Å². The van der Waals surface area contributed by atoms with Gasteiger partial charge < -0.3 is 15.5 Å². The molecule has 1 amide bonds. The topological polar surface area (TPSA) is 86.6 Å². The molecule has 0 radical (unpaired) electrons. The van der Waals surface area contributed by atoms with Crippen LogP contribution in [0.4, 0.5) is 0 Å². The average Bonchev–Trinajstić information content (AvgIpc) is 2.36. The first-order valence-electron chi connectivity index (χ1n) is 6.30. The molecule has 0 bridgehead atoms. The number of carbonyl (C=O) groups excluding carboxylic acids is 1. The fourth-order valence-corrected chi connectivity index (χ4v) is 1.68. The molecule has 0 aliphatic rings. The predicted molar refractivity (Wildman–Crippen MR) is 71.3 cm³/mol. The number of carboxylic acid groups (broad SMARTS) is 1. The molecule has 3 N–H and O–H groups in total. The average molecular weight is 265 g/mol. The Morgan fingerprint density at radius 2 is 1.95 bits per heavy atom. The first-order chi connectivity index (χ1) is 9.00. The van der Waals surface area contributed by atoms with Gasteiger partial charge in [0, 0.05) is 18.5 Å². The van der Waals surface area contributed by atoms with Gasteiger partial charge in [-0.3, -0.25) is 9.59 Å². The molecule has 0 heterocycles. The Labute approximate surface area is 112 Å². The maximum absolute atomic E-state index is 11.8. The summed E-state index contributed by atoms with van der Waals surface area (Å²) in [6.45, 7) is 2.26. The maximum Gasteiger partial charge on any atom is 0.303 e. The third-order valence-electron chi connectivity index (χ3n) is 2.81. The van der Waals surface area contributed by atoms with Crippen molar-refractivity contribution in [2.45, 2.75) is 32.6 Å². The number of carbonyl (C=O) groups is 2. The second-order valence-electron chi connectivity index (χ2n) is 4.46. The smallest absolute Gasteiger partial charge is 0.303 e. The fraction of sp³-hybridized carbons (Fsp3) is 0.429. The van der Waals surface area contributed by atoms with Gasteiger partial charge in [0.1, 0.15) is 5.75 Å². The zero-order chi connectivity index (χ0) is 14.3. The van der Waals surface area contributed by atoms with E-state index >= 15 is 0 Å². The SMILES string of the molecule is Cc1cc(C(=O)NCCCCCC(=O)O)ccc1O. The van der Waals surface area contributed by atoms with Crippen LogP contribution < -0.4 is 5.32 Å². The third kappa shape index (κ3) is 5.42. The lowest BCUT2D eigenvalue weighted by Gasteiger charge is -2.06. The van der Waals surface area contributed by atoms with Crippen molar-refractivity contribution in [3.05, 3.63) is 29.3 Å². The van der Waals surface area contributed by atoms with Crippen molar-refractivity contribution in [1.82, 2.24) is 5.32 Å². The molecule has 19 heavy (non-hydrogen) atoms. The van der Waals surface area contributed by atoms with Gasteiger partial charge in [-0.05, 0) is 43.5 Å². The number of aliphatic carboxylic acids is 1. The van der Waals surface area contributed by atoms with E-state index in [0.29, 0.717) is 24.1 Å². The number of amides is 1. The van der Waals surface area contributed by atoms with Gasteiger partial charge in [-0.15, -0.1) is 0 Å². The lowest BCUT2D eigenvalue weighted by Crippen LogP contribution is -2.24. The summed E-state index contributed by atoms with van der Waals surface area (Å²) in [7, 11) is 0. The van der Waals surface area contributed by atoms with Gasteiger partial charge in [0.05, 0.1) is 0 Å². The second-order valence-corrected chi connectivity index (χ2v) is 4.46. The molecule has 0 saturated heterocycles. The van der Waals surface area contributed by atoms with Crippen molar-refractivity contribution in [2.75, 3.05) is 6.54 Å². The van der Waals surface area contributed by atoms with Crippen molar-refractivity contribution in [1.29, 1.82) is 0 Å². The molecule has 0 fully saturated rings. The largest absolute Gasteiger partial charge is 0.508 e. The molecule has 104 valence electrons. The molecule has 0 aromatic heterocycles. The Balaban J connectivity index is 2.27. The van der Waals surface area contributed by atoms with Gasteiger partial charge in [0.2, 0.25) is 0 Å². The van der Waals surface area contributed by atoms with Gasteiger partial charge in [0.15, 0.2) is 0 Å². The summed E-state index contributed by atoms with van der Waals surface area (Å²) in [6, 6.07) is 4.70. The number of aryl methyl sites for hydroxylation is 1. The number of phenolic OH excluding ortho intramolecular Hbond substituents is 1. The number of benzene rings is 1. The highest BCUT2D eigenvalue weighted by Crippen LogP contribution is 2.16. The molecule has 0 spiro atoms. The zero-order valence-corrected chi connectivity index (χ0v) is 11.0. The van der Waals surface area contributed by atoms with Crippen LogP contribution in [0.25, 0.3) is 0 Å². The standard InChI is InChI=1S/C14H19NO4/c1-10-9-11(6-7-12(10)16)14(19)15-8-4-2-3-5-13(17)18/h6-7,9,16H,2-5,8H2,1H3,(H,15,19)(H,17,18). The molecule has 1 aromatic carbocycles. The summed E-state index contributed by atoms with van der Waals surface area (Å²) in [5.74, 6) is -0.796. The summed E-state index contributed by atoms with van der Waals surface area (Å²) >= 11 is 0. The summed E-state index contributed by atoms with van der Waals surface area (Å²) in [6.07, 6.45) is 2.34. The van der Waals surface area contributed by atoms with E-state index in [0.717, 1.165) is 12.8 Å². The van der Waals surface area contributed by atoms with Crippen molar-refractivity contribution in [2.24, 2.45) is 0 Å². The van der Waals surface area contributed by atoms with Crippen molar-refractivity contribution >= 4 is 11.9 Å². The van der Waals surface area contributed by atoms with E-state index < -0.39 is 5.97 Å². The Kier molecular flexibility index (Phi) is 5.85. The quantitative estimate of drug-likeness (QED) is 0.659. The minimum atomic E-state index is -0.788. The van der Waals surface area contributed by atoms with Crippen LogP contribution in [0.2, 0.25) is 0 Å². The number of unbranched alkanes of at least 4 members (excludes halogenated alkanes) is 2. The Morgan fingerprint density at radius 3 is 2.58 bits per heavy atom. The van der Waals surface area contributed by atoms with Crippen LogP contribution in [0.5, 0.6) is 5.75 Å². The number of nitrogens with one attached hydrogen (secondary N) is 1. The molecule has 0 aliphatic heterocycles. The van der Waals surface area contributed by atoms with Crippen LogP contribution in [0.3, 0.4) is 0 Å². The zero-order valence-electron chi connectivity index (χ0n) is 11.0. The third-order valence-corrected chi connectivity index (χ3v) is 2.81. The highest BCUT2D eigenvalue weighted by molar-refractivity contribution is 5.94. The number of hydrogen-bond donors (Lipinski definition) is 3. The minimum Gasteiger partial charge on any atom is -0.508 e. The van der Waals surface area contributed by atoms with E-state index in [4.69, 9.17) is 5.11 Å². The van der Waals surface area contributed by atoms with Gasteiger partial charge in [-0.25, -0.2) is 0 Å². The molecule has 1 aromatic rings. The van der Waals surface area contributed by atoms with E-state index in [1.165, 1.54) is 6.07 Å². The molecular formula is C14H19NO4. The lowest BCUT2D eigenvalue weighted by molar-refractivity contribution is -0.137. The number of carboxylic acids is 1. The number of aromatic hydroxyl groups is 1. The van der Waals surface area contributed by atoms with Crippen LogP contribution in [-0.2, 0) is 4.79 Å². The van der Waals surface area contributed by atoms with Crippen LogP contribution in [-0.4, -0.2) is 28.6 Å². The maximum atomic E-state index is 11.8. The normalized spacial score (nSPS) is 10.2. The first-order valence-corrected chi connectivity index (χ1v) is 6.30. The predicted octanol–water partition coefficient (Wildman–Crippen LogP) is 2.08. The summed E-state index contributed by atoms with van der Waals surface area (Å²) in [5.41, 5.74) is 1.18. The van der Waals surface area contributed by atoms with Crippen LogP contribution in [0.15, 0.2) is 18.2 Å². The molecule has 5 heteroatoms. The van der Waals surface area contributed by atoms with Crippen LogP contribution in [0.1, 0.15) is 41.6 Å². The summed E-state index contributed by atoms with van der Waals surface area (Å²) < 4.78 is 0. The highest BCUT2D eigenvalue weighted by Gasteiger charge is 2.06. The van der Waals surface area contributed by atoms with Crippen molar-refractivity contribution in [3.63, 3.8) is 0 Å². The monoisotopic (exact) mass is 265 g/mol. The first kappa shape index (κ1) is 15.0.